The van der Waals surface area contributed by atoms with Crippen LogP contribution in [0.4, 0.5) is 45.5 Å². The lowest BCUT2D eigenvalue weighted by Crippen LogP contribution is -2.61. The first-order valence-corrected chi connectivity index (χ1v) is 28.6. The van der Waals surface area contributed by atoms with E-state index < -0.39 is 29.1 Å². The molecule has 2 aromatic heterocycles. The van der Waals surface area contributed by atoms with Gasteiger partial charge in [0.15, 0.2) is 0 Å². The van der Waals surface area contributed by atoms with Crippen LogP contribution in [-0.2, 0) is 27.1 Å². The van der Waals surface area contributed by atoms with Crippen LogP contribution < -0.4 is 31.1 Å². The van der Waals surface area contributed by atoms with Gasteiger partial charge in [0.1, 0.15) is 11.3 Å². The van der Waals surface area contributed by atoms with E-state index in [9.17, 15) is 11.0 Å². The molecule has 0 N–H and O–H groups in total. The number of hydrogen-bond donors (Lipinski definition) is 0. The standard InChI is InChI=1S/C71H74BN3OS/c1-41-34-45(67(6,7)8)35-42(2)63(41)74-54-36-43-37-59(68(9,10)11)77-58(43)40-52(54)72-51-30-31-57-60(61-65(76-57)48-22-16-17-23-49(48)69(61,12)13)64(51)73(46-28-26-44(27-29-46)66(3,4)5)55-38-47(39-56(74)62(55)72)75-53-25-19-18-24-50(53)70(14)32-20-21-33-71(70,75)15/h16-19,22-31,34-40H,20-21,32-33H2,1-15H3/i16D,17D,22D,23D,26D,27D,28D,29D,30D,31D. The molecule has 388 valence electrons. The summed E-state index contributed by atoms with van der Waals surface area (Å²) in [5.74, 6) is 0.175. The Morgan fingerprint density at radius 2 is 1.29 bits per heavy atom. The van der Waals surface area contributed by atoms with E-state index in [1.54, 1.807) is 11.3 Å². The largest absolute Gasteiger partial charge is 0.456 e. The molecular formula is C71H74BN3OS. The van der Waals surface area contributed by atoms with E-state index in [0.29, 0.717) is 33.4 Å². The molecule has 1 fully saturated rings. The summed E-state index contributed by atoms with van der Waals surface area (Å²) >= 11 is 1.75. The molecule has 2 aliphatic carbocycles. The maximum atomic E-state index is 10.7. The molecular weight excluding hydrogens is 954 g/mol. The molecule has 0 spiro atoms. The Morgan fingerprint density at radius 3 is 1.99 bits per heavy atom. The predicted octanol–water partition coefficient (Wildman–Crippen LogP) is 18.3. The van der Waals surface area contributed by atoms with Crippen molar-refractivity contribution in [2.75, 3.05) is 14.7 Å². The van der Waals surface area contributed by atoms with Gasteiger partial charge >= 0.3 is 0 Å². The number of hydrogen-bond acceptors (Lipinski definition) is 5. The number of furan rings is 1. The average Bonchev–Trinajstić information content (AvgIpc) is 1.67. The van der Waals surface area contributed by atoms with Gasteiger partial charge in [0, 0.05) is 71.0 Å². The third-order valence-corrected chi connectivity index (χ3v) is 20.2. The minimum atomic E-state index is -1.19. The van der Waals surface area contributed by atoms with Crippen LogP contribution in [0.1, 0.15) is 173 Å². The summed E-state index contributed by atoms with van der Waals surface area (Å²) in [7, 11) is 0. The lowest BCUT2D eigenvalue weighted by Gasteiger charge is -2.51. The highest BCUT2D eigenvalue weighted by molar-refractivity contribution is 7.19. The number of aryl methyl sites for hydroxylation is 2. The topological polar surface area (TPSA) is 22.9 Å². The average molecular weight is 1040 g/mol. The molecule has 5 aliphatic rings. The fraction of sp³-hybridized carbons (Fsp3) is 0.352. The van der Waals surface area contributed by atoms with E-state index in [1.165, 1.54) is 16.0 Å². The van der Waals surface area contributed by atoms with Crippen LogP contribution >= 0.6 is 11.3 Å². The molecule has 0 bridgehead atoms. The second-order valence-electron chi connectivity index (χ2n) is 27.1. The Kier molecular flexibility index (Phi) is 8.01. The zero-order valence-corrected chi connectivity index (χ0v) is 48.2. The number of benzene rings is 7. The van der Waals surface area contributed by atoms with Crippen molar-refractivity contribution < 1.29 is 18.1 Å². The Bertz CT molecular complexity index is 4570. The van der Waals surface area contributed by atoms with Crippen molar-refractivity contribution in [1.82, 2.24) is 0 Å². The second-order valence-corrected chi connectivity index (χ2v) is 28.1. The predicted molar refractivity (Wildman–Crippen MR) is 332 cm³/mol. The number of fused-ring (bicyclic) bond motifs is 14. The lowest BCUT2D eigenvalue weighted by molar-refractivity contribution is 0.195. The maximum Gasteiger partial charge on any atom is 0.252 e. The molecule has 1 saturated carbocycles. The van der Waals surface area contributed by atoms with E-state index in [1.807, 2.05) is 39.5 Å². The molecule has 6 heteroatoms. The Balaban J connectivity index is 1.23. The van der Waals surface area contributed by atoms with Crippen molar-refractivity contribution in [3.8, 4) is 11.3 Å². The second kappa shape index (κ2) is 15.8. The molecule has 9 aromatic rings. The Hall–Kier alpha value is -6.50. The Labute approximate surface area is 476 Å². The minimum Gasteiger partial charge on any atom is -0.456 e. The van der Waals surface area contributed by atoms with Crippen molar-refractivity contribution in [3.05, 3.63) is 171 Å². The highest BCUT2D eigenvalue weighted by Gasteiger charge is 2.58. The first kappa shape index (κ1) is 39.0. The van der Waals surface area contributed by atoms with Gasteiger partial charge in [-0.2, -0.15) is 0 Å². The normalized spacial score (nSPS) is 21.9. The van der Waals surface area contributed by atoms with Crippen LogP contribution in [0.15, 0.2) is 132 Å². The minimum absolute atomic E-state index is 0.0266. The number of thiophene rings is 1. The molecule has 5 heterocycles. The number of para-hydroxylation sites is 1. The highest BCUT2D eigenvalue weighted by Crippen LogP contribution is 2.63. The third kappa shape index (κ3) is 6.63. The number of anilines is 8. The van der Waals surface area contributed by atoms with Crippen LogP contribution in [0.5, 0.6) is 0 Å². The molecule has 7 aromatic carbocycles. The number of rotatable bonds is 3. The molecule has 4 nitrogen and oxygen atoms in total. The van der Waals surface area contributed by atoms with E-state index in [4.69, 9.17) is 7.16 Å². The molecule has 0 amide bonds. The summed E-state index contributed by atoms with van der Waals surface area (Å²) in [6.07, 6.45) is 3.99. The van der Waals surface area contributed by atoms with Gasteiger partial charge in [-0.25, -0.2) is 0 Å². The van der Waals surface area contributed by atoms with E-state index in [0.717, 1.165) is 86.3 Å². The van der Waals surface area contributed by atoms with Gasteiger partial charge in [0.05, 0.1) is 30.6 Å². The molecule has 2 atom stereocenters. The van der Waals surface area contributed by atoms with Crippen molar-refractivity contribution in [2.45, 2.75) is 162 Å². The van der Waals surface area contributed by atoms with Gasteiger partial charge < -0.3 is 19.1 Å². The maximum absolute atomic E-state index is 10.7. The van der Waals surface area contributed by atoms with Crippen molar-refractivity contribution in [3.63, 3.8) is 0 Å². The molecule has 14 rings (SSSR count). The van der Waals surface area contributed by atoms with Crippen molar-refractivity contribution >= 4 is 101 Å². The SMILES string of the molecule is [2H]c1c([2H])c([2H])c2c(c1[2H])-c1oc3c([2H])c([2H])c4c(c3c1C2(C)C)N(c1c([2H])c([2H])c(C(C)(C)C)c([2H])c1[2H])c1cc(N2c3ccccc3C3(C)CCCCC23C)cc2c1B4c1cc3sc(C(C)(C)C)cc3cc1N2c1c(C)cc(C(C)(C)C)cc1C. The zero-order chi connectivity index (χ0) is 62.5. The zero-order valence-electron chi connectivity index (χ0n) is 57.4. The van der Waals surface area contributed by atoms with E-state index >= 15 is 0 Å². The van der Waals surface area contributed by atoms with Crippen LogP contribution in [0.25, 0.3) is 32.4 Å². The summed E-state index contributed by atoms with van der Waals surface area (Å²) in [5, 5.41) is 1.46. The van der Waals surface area contributed by atoms with E-state index in [-0.39, 0.29) is 98.8 Å². The van der Waals surface area contributed by atoms with Gasteiger partial charge in [-0.1, -0.05) is 169 Å². The molecule has 2 unspecified atom stereocenters. The highest BCUT2D eigenvalue weighted by atomic mass is 32.1. The van der Waals surface area contributed by atoms with Crippen LogP contribution in [-0.4, -0.2) is 12.3 Å². The molecule has 3 aliphatic heterocycles. The van der Waals surface area contributed by atoms with Gasteiger partial charge in [0.25, 0.3) is 6.71 Å². The van der Waals surface area contributed by atoms with Crippen LogP contribution in [0, 0.1) is 13.8 Å². The van der Waals surface area contributed by atoms with Crippen molar-refractivity contribution in [2.24, 2.45) is 0 Å². The molecule has 0 radical (unpaired) electrons. The summed E-state index contributed by atoms with van der Waals surface area (Å²) in [5.41, 5.74) is 10.6. The molecule has 77 heavy (non-hydrogen) atoms. The lowest BCUT2D eigenvalue weighted by atomic mass is 9.33. The molecule has 0 saturated heterocycles. The third-order valence-electron chi connectivity index (χ3n) is 18.7. The van der Waals surface area contributed by atoms with Gasteiger partial charge in [-0.15, -0.1) is 11.3 Å². The van der Waals surface area contributed by atoms with Crippen LogP contribution in [0.3, 0.4) is 0 Å². The quantitative estimate of drug-likeness (QED) is 0.165. The first-order valence-electron chi connectivity index (χ1n) is 32.8. The van der Waals surface area contributed by atoms with Gasteiger partial charge in [-0.3, -0.25) is 0 Å². The Morgan fingerprint density at radius 1 is 0.610 bits per heavy atom. The summed E-state index contributed by atoms with van der Waals surface area (Å²) in [4.78, 5) is 8.06. The van der Waals surface area contributed by atoms with E-state index in [2.05, 4.69) is 146 Å². The fourth-order valence-corrected chi connectivity index (χ4v) is 15.6. The monoisotopic (exact) mass is 1040 g/mol. The van der Waals surface area contributed by atoms with Gasteiger partial charge in [0.2, 0.25) is 0 Å². The fourth-order valence-electron chi connectivity index (χ4n) is 14.5. The number of nitrogens with zero attached hydrogens (tertiary/aromatic N) is 3. The summed E-state index contributed by atoms with van der Waals surface area (Å²) in [6.45, 7) is 31.4. The first-order chi connectivity index (χ1) is 40.6. The van der Waals surface area contributed by atoms with Crippen LogP contribution in [0.2, 0.25) is 0 Å². The van der Waals surface area contributed by atoms with Gasteiger partial charge in [-0.05, 0) is 160 Å². The summed E-state index contributed by atoms with van der Waals surface area (Å²) < 4.78 is 107. The summed E-state index contributed by atoms with van der Waals surface area (Å²) in [6, 6.07) is 22.3. The smallest absolute Gasteiger partial charge is 0.252 e. The van der Waals surface area contributed by atoms with Crippen molar-refractivity contribution in [1.29, 1.82) is 0 Å².